The fourth-order valence-electron chi connectivity index (χ4n) is 3.51. The summed E-state index contributed by atoms with van der Waals surface area (Å²) in [5.41, 5.74) is 0.669. The number of fused-ring (bicyclic) bond motifs is 1. The van der Waals surface area contributed by atoms with Crippen molar-refractivity contribution in [2.45, 2.75) is 57.6 Å². The molecule has 4 rings (SSSR count). The Balaban J connectivity index is 1.70. The van der Waals surface area contributed by atoms with Crippen molar-refractivity contribution in [3.8, 4) is 0 Å². The number of hydrogen-bond acceptors (Lipinski definition) is 4. The van der Waals surface area contributed by atoms with Crippen LogP contribution in [0.3, 0.4) is 0 Å². The zero-order valence-corrected chi connectivity index (χ0v) is 12.9. The Morgan fingerprint density at radius 1 is 1.41 bits per heavy atom. The van der Waals surface area contributed by atoms with E-state index in [0.717, 1.165) is 37.3 Å². The molecule has 2 aliphatic rings. The summed E-state index contributed by atoms with van der Waals surface area (Å²) >= 11 is 0. The normalized spacial score (nSPS) is 26.2. The van der Waals surface area contributed by atoms with Crippen molar-refractivity contribution in [2.75, 3.05) is 6.61 Å². The average molecular weight is 302 g/mol. The molecule has 0 aromatic carbocycles. The minimum absolute atomic E-state index is 0.0642. The fraction of sp³-hybridized carbons (Fsp3) is 0.688. The molecule has 1 aliphatic carbocycles. The van der Waals surface area contributed by atoms with E-state index in [1.807, 2.05) is 4.68 Å². The Hall–Kier alpha value is -1.69. The second-order valence-electron chi connectivity index (χ2n) is 6.70. The highest BCUT2D eigenvalue weighted by molar-refractivity contribution is 5.73. The fourth-order valence-corrected chi connectivity index (χ4v) is 3.51. The molecule has 1 saturated carbocycles. The van der Waals surface area contributed by atoms with Crippen LogP contribution in [-0.4, -0.2) is 32.5 Å². The van der Waals surface area contributed by atoms with Gasteiger partial charge in [-0.25, -0.2) is 9.67 Å². The molecule has 0 bridgehead atoms. The maximum Gasteiger partial charge on any atom is 0.262 e. The first-order valence-electron chi connectivity index (χ1n) is 8.28. The molecular formula is C16H22N4O2. The maximum absolute atomic E-state index is 12.3. The first kappa shape index (κ1) is 13.9. The number of H-pyrrole nitrogens is 1. The van der Waals surface area contributed by atoms with E-state index in [2.05, 4.69) is 17.0 Å². The van der Waals surface area contributed by atoms with Crippen LogP contribution in [0.2, 0.25) is 0 Å². The number of aromatic nitrogens is 4. The third-order valence-corrected chi connectivity index (χ3v) is 5.02. The second kappa shape index (κ2) is 5.50. The number of ether oxygens (including phenoxy) is 1. The Morgan fingerprint density at radius 2 is 2.27 bits per heavy atom. The minimum Gasteiger partial charge on any atom is -0.378 e. The van der Waals surface area contributed by atoms with Gasteiger partial charge in [0.2, 0.25) is 0 Å². The van der Waals surface area contributed by atoms with Gasteiger partial charge in [0, 0.05) is 13.0 Å². The van der Waals surface area contributed by atoms with Crippen molar-refractivity contribution in [3.63, 3.8) is 0 Å². The molecule has 2 fully saturated rings. The van der Waals surface area contributed by atoms with Gasteiger partial charge in [0.25, 0.3) is 5.56 Å². The molecule has 1 N–H and O–H groups in total. The highest BCUT2D eigenvalue weighted by Crippen LogP contribution is 2.29. The van der Waals surface area contributed by atoms with Crippen LogP contribution in [-0.2, 0) is 11.2 Å². The number of aromatic amines is 1. The van der Waals surface area contributed by atoms with Crippen molar-refractivity contribution in [1.29, 1.82) is 0 Å². The van der Waals surface area contributed by atoms with Gasteiger partial charge in [0.1, 0.15) is 11.2 Å². The van der Waals surface area contributed by atoms with Crippen LogP contribution in [0.15, 0.2) is 11.0 Å². The van der Waals surface area contributed by atoms with Crippen molar-refractivity contribution in [1.82, 2.24) is 19.7 Å². The molecule has 2 atom stereocenters. The number of nitrogens with zero attached hydrogens (tertiary/aromatic N) is 3. The highest BCUT2D eigenvalue weighted by Gasteiger charge is 2.25. The molecule has 1 aliphatic heterocycles. The summed E-state index contributed by atoms with van der Waals surface area (Å²) in [6, 6.07) is 0.270. The SMILES string of the molecule is C[C@@H]1C[C@H](n2ncc3c(=O)[nH]c(CC4CCC4)nc32)CCO1. The first-order chi connectivity index (χ1) is 10.7. The standard InChI is InChI=1S/C16H22N4O2/c1-10-7-12(5-6-22-10)20-15-13(9-17-20)16(21)19-14(18-15)8-11-3-2-4-11/h9-12H,2-8H2,1H3,(H,18,19,21)/t10-,12-/m1/s1. The lowest BCUT2D eigenvalue weighted by Crippen LogP contribution is -2.26. The third-order valence-electron chi connectivity index (χ3n) is 5.02. The van der Waals surface area contributed by atoms with Gasteiger partial charge in [-0.1, -0.05) is 19.3 Å². The summed E-state index contributed by atoms with van der Waals surface area (Å²) in [7, 11) is 0. The summed E-state index contributed by atoms with van der Waals surface area (Å²) in [6.07, 6.45) is 8.40. The van der Waals surface area contributed by atoms with Crippen LogP contribution < -0.4 is 5.56 Å². The Kier molecular flexibility index (Phi) is 3.48. The lowest BCUT2D eigenvalue weighted by Gasteiger charge is -2.27. The Labute approximate surface area is 128 Å². The van der Waals surface area contributed by atoms with Crippen LogP contribution in [0, 0.1) is 5.92 Å². The van der Waals surface area contributed by atoms with Crippen LogP contribution in [0.5, 0.6) is 0 Å². The molecule has 0 unspecified atom stereocenters. The minimum atomic E-state index is -0.0642. The monoisotopic (exact) mass is 302 g/mol. The predicted octanol–water partition coefficient (Wildman–Crippen LogP) is 2.20. The molecule has 118 valence electrons. The highest BCUT2D eigenvalue weighted by atomic mass is 16.5. The summed E-state index contributed by atoms with van der Waals surface area (Å²) in [6.45, 7) is 2.82. The Bertz CT molecular complexity index is 731. The lowest BCUT2D eigenvalue weighted by atomic mass is 9.83. The second-order valence-corrected chi connectivity index (χ2v) is 6.70. The molecule has 3 heterocycles. The molecule has 22 heavy (non-hydrogen) atoms. The summed E-state index contributed by atoms with van der Waals surface area (Å²) in [5, 5.41) is 5.04. The lowest BCUT2D eigenvalue weighted by molar-refractivity contribution is 0.00431. The van der Waals surface area contributed by atoms with Gasteiger partial charge in [0.05, 0.1) is 18.3 Å². The molecular weight excluding hydrogens is 280 g/mol. The number of nitrogens with one attached hydrogen (secondary N) is 1. The van der Waals surface area contributed by atoms with Crippen molar-refractivity contribution in [3.05, 3.63) is 22.4 Å². The van der Waals surface area contributed by atoms with Gasteiger partial charge in [-0.3, -0.25) is 4.79 Å². The third kappa shape index (κ3) is 2.45. The molecule has 2 aromatic heterocycles. The zero-order chi connectivity index (χ0) is 15.1. The molecule has 6 heteroatoms. The van der Waals surface area contributed by atoms with Crippen molar-refractivity contribution in [2.24, 2.45) is 5.92 Å². The van der Waals surface area contributed by atoms with Crippen LogP contribution in [0.1, 0.15) is 50.9 Å². The molecule has 1 saturated heterocycles. The topological polar surface area (TPSA) is 72.8 Å². The quantitative estimate of drug-likeness (QED) is 0.943. The van der Waals surface area contributed by atoms with E-state index in [1.165, 1.54) is 19.3 Å². The van der Waals surface area contributed by atoms with Crippen LogP contribution in [0.4, 0.5) is 0 Å². The van der Waals surface area contributed by atoms with E-state index < -0.39 is 0 Å². The van der Waals surface area contributed by atoms with Crippen molar-refractivity contribution < 1.29 is 4.74 Å². The van der Waals surface area contributed by atoms with Gasteiger partial charge in [-0.05, 0) is 25.7 Å². The van der Waals surface area contributed by atoms with Gasteiger partial charge < -0.3 is 9.72 Å². The van der Waals surface area contributed by atoms with Gasteiger partial charge in [0.15, 0.2) is 5.65 Å². The first-order valence-corrected chi connectivity index (χ1v) is 8.28. The van der Waals surface area contributed by atoms with E-state index >= 15 is 0 Å². The average Bonchev–Trinajstić information content (AvgIpc) is 2.87. The number of hydrogen-bond donors (Lipinski definition) is 1. The molecule has 0 spiro atoms. The van der Waals surface area contributed by atoms with E-state index in [1.54, 1.807) is 6.20 Å². The predicted molar refractivity (Wildman–Crippen MR) is 82.9 cm³/mol. The smallest absolute Gasteiger partial charge is 0.262 e. The summed E-state index contributed by atoms with van der Waals surface area (Å²) in [5.74, 6) is 1.49. The largest absolute Gasteiger partial charge is 0.378 e. The van der Waals surface area contributed by atoms with E-state index in [9.17, 15) is 4.79 Å². The molecule has 6 nitrogen and oxygen atoms in total. The number of rotatable bonds is 3. The zero-order valence-electron chi connectivity index (χ0n) is 12.9. The van der Waals surface area contributed by atoms with Crippen LogP contribution >= 0.6 is 0 Å². The Morgan fingerprint density at radius 3 is 3.00 bits per heavy atom. The van der Waals surface area contributed by atoms with Crippen LogP contribution in [0.25, 0.3) is 11.0 Å². The summed E-state index contributed by atoms with van der Waals surface area (Å²) < 4.78 is 7.55. The van der Waals surface area contributed by atoms with E-state index in [-0.39, 0.29) is 17.7 Å². The van der Waals surface area contributed by atoms with Crippen molar-refractivity contribution >= 4 is 11.0 Å². The molecule has 0 amide bonds. The van der Waals surface area contributed by atoms with E-state index in [0.29, 0.717) is 11.3 Å². The molecule has 2 aromatic rings. The maximum atomic E-state index is 12.3. The molecule has 0 radical (unpaired) electrons. The van der Waals surface area contributed by atoms with Gasteiger partial charge in [-0.15, -0.1) is 0 Å². The van der Waals surface area contributed by atoms with Gasteiger partial charge >= 0.3 is 0 Å². The summed E-state index contributed by atoms with van der Waals surface area (Å²) in [4.78, 5) is 19.9. The van der Waals surface area contributed by atoms with Gasteiger partial charge in [-0.2, -0.15) is 5.10 Å². The van der Waals surface area contributed by atoms with E-state index in [4.69, 9.17) is 9.72 Å².